The number of halogens is 1. The molecule has 10 nitrogen and oxygen atoms in total. The number of nitrogens with zero attached hydrogens (tertiary/aromatic N) is 2. The van der Waals surface area contributed by atoms with Crippen LogP contribution in [0, 0.1) is 10.1 Å². The van der Waals surface area contributed by atoms with Crippen molar-refractivity contribution in [1.82, 2.24) is 0 Å². The van der Waals surface area contributed by atoms with Crippen LogP contribution in [0.4, 0.5) is 17.1 Å². The highest BCUT2D eigenvalue weighted by atomic mass is 35.5. The fourth-order valence-corrected chi connectivity index (χ4v) is 4.18. The molecule has 3 N–H and O–H groups in total. The smallest absolute Gasteiger partial charge is 0.270 e. The number of nitrogens with one attached hydrogen (secondary N) is 2. The zero-order chi connectivity index (χ0) is 24.2. The van der Waals surface area contributed by atoms with Crippen LogP contribution >= 0.6 is 11.6 Å². The van der Waals surface area contributed by atoms with Crippen molar-refractivity contribution in [2.75, 3.05) is 17.3 Å². The minimum atomic E-state index is -4.24. The first kappa shape index (κ1) is 23.8. The summed E-state index contributed by atoms with van der Waals surface area (Å²) in [6, 6.07) is 13.9. The van der Waals surface area contributed by atoms with Crippen molar-refractivity contribution in [2.24, 2.45) is 5.10 Å². The molecule has 0 amide bonds. The van der Waals surface area contributed by atoms with Gasteiger partial charge in [-0.1, -0.05) is 11.6 Å². The molecule has 0 aliphatic rings. The third kappa shape index (κ3) is 5.70. The van der Waals surface area contributed by atoms with Gasteiger partial charge >= 0.3 is 0 Å². The number of methoxy groups -OCH3 is 1. The lowest BCUT2D eigenvalue weighted by Crippen LogP contribution is -2.15. The van der Waals surface area contributed by atoms with Crippen LogP contribution in [0.1, 0.15) is 12.5 Å². The van der Waals surface area contributed by atoms with E-state index in [0.29, 0.717) is 22.0 Å². The van der Waals surface area contributed by atoms with E-state index in [1.165, 1.54) is 43.5 Å². The van der Waals surface area contributed by atoms with Crippen LogP contribution < -0.4 is 14.9 Å². The standard InChI is InChI=1S/C21H19ClN4O6S/c1-13(18-9-8-17(32-2)12-20(18)27)23-24-19-10-7-16(26(28)29)11-21(19)33(30,31)25-15-5-3-14(22)4-6-15/h3-12,24-25,27H,1-2H3/b23-13+. The Hall–Kier alpha value is -3.83. The second-order valence-electron chi connectivity index (χ2n) is 6.74. The fourth-order valence-electron chi connectivity index (χ4n) is 2.82. The number of rotatable bonds is 8. The molecule has 3 aromatic carbocycles. The van der Waals surface area contributed by atoms with Crippen LogP contribution in [0.3, 0.4) is 0 Å². The molecule has 0 atom stereocenters. The van der Waals surface area contributed by atoms with E-state index in [1.54, 1.807) is 19.1 Å². The van der Waals surface area contributed by atoms with Gasteiger partial charge in [0.1, 0.15) is 16.4 Å². The predicted octanol–water partition coefficient (Wildman–Crippen LogP) is 4.60. The Kier molecular flexibility index (Phi) is 7.04. The molecule has 3 aromatic rings. The van der Waals surface area contributed by atoms with Crippen LogP contribution in [-0.4, -0.2) is 31.3 Å². The normalized spacial score (nSPS) is 11.7. The molecule has 0 saturated heterocycles. The Balaban J connectivity index is 1.97. The van der Waals surface area contributed by atoms with Gasteiger partial charge in [-0.2, -0.15) is 5.10 Å². The van der Waals surface area contributed by atoms with Crippen molar-refractivity contribution < 1.29 is 23.2 Å². The van der Waals surface area contributed by atoms with Crippen LogP contribution in [0.2, 0.25) is 5.02 Å². The van der Waals surface area contributed by atoms with E-state index in [9.17, 15) is 23.6 Å². The van der Waals surface area contributed by atoms with E-state index in [4.69, 9.17) is 16.3 Å². The van der Waals surface area contributed by atoms with Gasteiger partial charge in [0, 0.05) is 34.5 Å². The molecule has 0 aliphatic carbocycles. The van der Waals surface area contributed by atoms with E-state index in [0.717, 1.165) is 12.1 Å². The van der Waals surface area contributed by atoms with Gasteiger partial charge in [0.25, 0.3) is 15.7 Å². The molecule has 0 aromatic heterocycles. The number of ether oxygens (including phenoxy) is 1. The number of nitro benzene ring substituents is 1. The summed E-state index contributed by atoms with van der Waals surface area (Å²) in [6.07, 6.45) is 0. The molecule has 0 bridgehead atoms. The largest absolute Gasteiger partial charge is 0.507 e. The van der Waals surface area contributed by atoms with Gasteiger partial charge in [0.2, 0.25) is 0 Å². The van der Waals surface area contributed by atoms with E-state index >= 15 is 0 Å². The second kappa shape index (κ2) is 9.76. The highest BCUT2D eigenvalue weighted by Crippen LogP contribution is 2.29. The maximum atomic E-state index is 13.0. The number of phenolic OH excluding ortho intramolecular Hbond substituents is 1. The van der Waals surface area contributed by atoms with Gasteiger partial charge in [0.15, 0.2) is 0 Å². The van der Waals surface area contributed by atoms with Crippen molar-refractivity contribution in [1.29, 1.82) is 0 Å². The van der Waals surface area contributed by atoms with Crippen LogP contribution in [0.25, 0.3) is 0 Å². The van der Waals surface area contributed by atoms with Crippen LogP contribution in [-0.2, 0) is 10.0 Å². The first-order valence-corrected chi connectivity index (χ1v) is 11.2. The minimum absolute atomic E-state index is 0.00517. The van der Waals surface area contributed by atoms with Crippen molar-refractivity contribution >= 4 is 44.4 Å². The van der Waals surface area contributed by atoms with Crippen LogP contribution in [0.5, 0.6) is 11.5 Å². The first-order chi connectivity index (χ1) is 15.6. The summed E-state index contributed by atoms with van der Waals surface area (Å²) in [5, 5.41) is 25.9. The molecule has 0 fully saturated rings. The minimum Gasteiger partial charge on any atom is -0.507 e. The van der Waals surface area contributed by atoms with Gasteiger partial charge in [-0.15, -0.1) is 0 Å². The Morgan fingerprint density at radius 2 is 1.82 bits per heavy atom. The molecule has 0 heterocycles. The lowest BCUT2D eigenvalue weighted by Gasteiger charge is -2.13. The van der Waals surface area contributed by atoms with Gasteiger partial charge in [-0.3, -0.25) is 20.3 Å². The number of non-ortho nitro benzene ring substituents is 1. The van der Waals surface area contributed by atoms with Gasteiger partial charge in [0.05, 0.1) is 23.4 Å². The Morgan fingerprint density at radius 3 is 2.42 bits per heavy atom. The third-order valence-electron chi connectivity index (χ3n) is 4.50. The zero-order valence-electron chi connectivity index (χ0n) is 17.4. The van der Waals surface area contributed by atoms with Crippen molar-refractivity contribution in [3.63, 3.8) is 0 Å². The number of phenols is 1. The summed E-state index contributed by atoms with van der Waals surface area (Å²) in [4.78, 5) is 10.1. The fraction of sp³-hybridized carbons (Fsp3) is 0.0952. The molecular weight excluding hydrogens is 472 g/mol. The van der Waals surface area contributed by atoms with E-state index in [-0.39, 0.29) is 22.0 Å². The molecule has 3 rings (SSSR count). The number of hydrazone groups is 1. The summed E-state index contributed by atoms with van der Waals surface area (Å²) < 4.78 is 33.4. The summed E-state index contributed by atoms with van der Waals surface area (Å²) >= 11 is 5.83. The number of sulfonamides is 1. The molecule has 0 saturated carbocycles. The van der Waals surface area contributed by atoms with E-state index in [1.807, 2.05) is 0 Å². The second-order valence-corrected chi connectivity index (χ2v) is 8.83. The van der Waals surface area contributed by atoms with Crippen LogP contribution in [0.15, 0.2) is 70.7 Å². The average Bonchev–Trinajstić information content (AvgIpc) is 2.78. The van der Waals surface area contributed by atoms with Gasteiger partial charge in [-0.05, 0) is 49.4 Å². The lowest BCUT2D eigenvalue weighted by atomic mass is 10.1. The molecule has 0 radical (unpaired) electrons. The molecule has 172 valence electrons. The number of nitro groups is 1. The quantitative estimate of drug-likeness (QED) is 0.238. The summed E-state index contributed by atoms with van der Waals surface area (Å²) in [5.74, 6) is 0.368. The van der Waals surface area contributed by atoms with Gasteiger partial charge in [-0.25, -0.2) is 8.42 Å². The zero-order valence-corrected chi connectivity index (χ0v) is 19.0. The predicted molar refractivity (Wildman–Crippen MR) is 126 cm³/mol. The maximum absolute atomic E-state index is 13.0. The molecular formula is C21H19ClN4O6S. The Morgan fingerprint density at radius 1 is 1.12 bits per heavy atom. The first-order valence-electron chi connectivity index (χ1n) is 9.35. The maximum Gasteiger partial charge on any atom is 0.270 e. The highest BCUT2D eigenvalue weighted by Gasteiger charge is 2.23. The molecule has 12 heteroatoms. The monoisotopic (exact) mass is 490 g/mol. The van der Waals surface area contributed by atoms with E-state index < -0.39 is 20.6 Å². The number of anilines is 2. The summed E-state index contributed by atoms with van der Waals surface area (Å²) in [6.45, 7) is 1.60. The molecule has 0 unspecified atom stereocenters. The molecule has 0 spiro atoms. The average molecular weight is 491 g/mol. The SMILES string of the molecule is COc1ccc(/C(C)=N/Nc2ccc([N+](=O)[O-])cc2S(=O)(=O)Nc2ccc(Cl)cc2)c(O)c1. The van der Waals surface area contributed by atoms with Crippen molar-refractivity contribution in [3.05, 3.63) is 81.4 Å². The number of hydrogen-bond donors (Lipinski definition) is 3. The number of aromatic hydroxyl groups is 1. The summed E-state index contributed by atoms with van der Waals surface area (Å²) in [5.41, 5.74) is 3.14. The van der Waals surface area contributed by atoms with Crippen molar-refractivity contribution in [3.8, 4) is 11.5 Å². The highest BCUT2D eigenvalue weighted by molar-refractivity contribution is 7.92. The lowest BCUT2D eigenvalue weighted by molar-refractivity contribution is -0.385. The molecule has 33 heavy (non-hydrogen) atoms. The number of hydrogen-bond acceptors (Lipinski definition) is 8. The Labute approximate surface area is 194 Å². The summed E-state index contributed by atoms with van der Waals surface area (Å²) in [7, 11) is -2.77. The van der Waals surface area contributed by atoms with Crippen molar-refractivity contribution in [2.45, 2.75) is 11.8 Å². The van der Waals surface area contributed by atoms with Gasteiger partial charge < -0.3 is 9.84 Å². The molecule has 0 aliphatic heterocycles. The number of benzene rings is 3. The Bertz CT molecular complexity index is 1330. The third-order valence-corrected chi connectivity index (χ3v) is 6.17. The topological polar surface area (TPSA) is 143 Å². The van der Waals surface area contributed by atoms with E-state index in [2.05, 4.69) is 15.2 Å².